The van der Waals surface area contributed by atoms with Crippen molar-refractivity contribution in [3.63, 3.8) is 0 Å². The molecule has 2 aliphatic heterocycles. The number of phenolic OH excluding ortho intramolecular Hbond substituents is 1. The first-order chi connectivity index (χ1) is 12.8. The quantitative estimate of drug-likeness (QED) is 0.423. The Bertz CT molecular complexity index is 825. The number of rotatable bonds is 6. The minimum Gasteiger partial charge on any atom is -0.772 e. The van der Waals surface area contributed by atoms with E-state index in [2.05, 4.69) is 10.0 Å². The fourth-order valence-electron chi connectivity index (χ4n) is 3.72. The number of phenols is 1. The molecule has 2 heterocycles. The number of piperidine rings is 1. The summed E-state index contributed by atoms with van der Waals surface area (Å²) < 4.78 is 50.1. The van der Waals surface area contributed by atoms with Crippen molar-refractivity contribution in [2.75, 3.05) is 29.7 Å². The zero-order chi connectivity index (χ0) is 19.6. The number of nitrogens with one attached hydrogen (secondary N) is 2. The van der Waals surface area contributed by atoms with Gasteiger partial charge in [0.15, 0.2) is 0 Å². The second-order valence-corrected chi connectivity index (χ2v) is 9.40. The van der Waals surface area contributed by atoms with Gasteiger partial charge in [-0.2, -0.15) is 13.1 Å². The lowest BCUT2D eigenvalue weighted by Gasteiger charge is -2.32. The van der Waals surface area contributed by atoms with Crippen molar-refractivity contribution in [3.05, 3.63) is 23.8 Å². The molecular formula is C16H22N3O6S2-. The van der Waals surface area contributed by atoms with Crippen molar-refractivity contribution in [2.45, 2.75) is 24.8 Å². The number of carbonyl (C=O) groups is 1. The van der Waals surface area contributed by atoms with Crippen molar-refractivity contribution in [1.82, 2.24) is 10.0 Å². The van der Waals surface area contributed by atoms with Crippen molar-refractivity contribution < 1.29 is 27.1 Å². The Kier molecular flexibility index (Phi) is 6.16. The lowest BCUT2D eigenvalue weighted by Crippen LogP contribution is -2.35. The van der Waals surface area contributed by atoms with E-state index >= 15 is 0 Å². The van der Waals surface area contributed by atoms with E-state index in [4.69, 9.17) is 0 Å². The topological polar surface area (TPSA) is 139 Å². The lowest BCUT2D eigenvalue weighted by atomic mass is 9.82. The van der Waals surface area contributed by atoms with Gasteiger partial charge in [-0.05, 0) is 55.5 Å². The molecule has 1 aromatic carbocycles. The maximum atomic E-state index is 12.2. The second-order valence-electron chi connectivity index (χ2n) is 6.83. The molecule has 3 N–H and O–H groups in total. The molecule has 27 heavy (non-hydrogen) atoms. The molecule has 3 rings (SSSR count). The number of aldehydes is 1. The van der Waals surface area contributed by atoms with E-state index < -0.39 is 27.3 Å². The average molecular weight is 417 g/mol. The van der Waals surface area contributed by atoms with Gasteiger partial charge in [-0.25, -0.2) is 0 Å². The third-order valence-corrected chi connectivity index (χ3v) is 7.19. The number of benzene rings is 1. The number of anilines is 1. The Morgan fingerprint density at radius 3 is 2.78 bits per heavy atom. The predicted molar refractivity (Wildman–Crippen MR) is 99.5 cm³/mol. The molecule has 0 saturated carbocycles. The Morgan fingerprint density at radius 1 is 1.44 bits per heavy atom. The Morgan fingerprint density at radius 2 is 2.22 bits per heavy atom. The maximum absolute atomic E-state index is 12.2. The summed E-state index contributed by atoms with van der Waals surface area (Å²) in [4.78, 5) is 10.9. The number of carbonyl (C=O) groups excluding carboxylic acids is 1. The number of hydrogen-bond donors (Lipinski definition) is 3. The van der Waals surface area contributed by atoms with Crippen LogP contribution in [-0.2, 0) is 26.1 Å². The van der Waals surface area contributed by atoms with Crippen molar-refractivity contribution >= 4 is 33.3 Å². The fourth-order valence-corrected chi connectivity index (χ4v) is 5.89. The molecule has 2 saturated heterocycles. The van der Waals surface area contributed by atoms with E-state index in [1.807, 2.05) is 0 Å². The standard InChI is InChI=1S/C16H23N3O6S2/c20-9-13-8-19(27(24,25)18-13)15-4-3-11(6-16(15)21)14(10-26(22)23)12-2-1-5-17-7-12/h3-4,6,9,12-14,17-18,21H,1-2,5,7-8,10H2,(H,22,23)/p-1. The third kappa shape index (κ3) is 4.49. The first-order valence-electron chi connectivity index (χ1n) is 8.66. The van der Waals surface area contributed by atoms with Gasteiger partial charge in [0.25, 0.3) is 0 Å². The van der Waals surface area contributed by atoms with Crippen molar-refractivity contribution in [3.8, 4) is 5.75 Å². The van der Waals surface area contributed by atoms with E-state index in [0.717, 1.165) is 23.7 Å². The van der Waals surface area contributed by atoms with Gasteiger partial charge in [-0.15, -0.1) is 0 Å². The van der Waals surface area contributed by atoms with E-state index in [9.17, 15) is 27.1 Å². The van der Waals surface area contributed by atoms with Crippen LogP contribution in [0.4, 0.5) is 5.69 Å². The zero-order valence-corrected chi connectivity index (χ0v) is 16.2. The van der Waals surface area contributed by atoms with Crippen molar-refractivity contribution in [2.24, 2.45) is 5.92 Å². The minimum absolute atomic E-state index is 0.0550. The van der Waals surface area contributed by atoms with Gasteiger partial charge in [0.1, 0.15) is 12.0 Å². The molecule has 2 fully saturated rings. The number of nitrogens with zero attached hydrogens (tertiary/aromatic N) is 1. The van der Waals surface area contributed by atoms with Crippen LogP contribution in [0.2, 0.25) is 0 Å². The van der Waals surface area contributed by atoms with Gasteiger partial charge in [-0.3, -0.25) is 8.51 Å². The van der Waals surface area contributed by atoms with Crippen LogP contribution in [0.15, 0.2) is 18.2 Å². The van der Waals surface area contributed by atoms with Crippen LogP contribution in [-0.4, -0.2) is 60.0 Å². The summed E-state index contributed by atoms with van der Waals surface area (Å²) in [6.07, 6.45) is 2.32. The van der Waals surface area contributed by atoms with Crippen LogP contribution in [0.3, 0.4) is 0 Å². The number of aromatic hydroxyl groups is 1. The van der Waals surface area contributed by atoms with E-state index in [0.29, 0.717) is 18.4 Å². The molecule has 0 amide bonds. The molecule has 1 aromatic rings. The minimum atomic E-state index is -3.91. The van der Waals surface area contributed by atoms with Crippen LogP contribution < -0.4 is 14.3 Å². The normalized spacial score (nSPS) is 27.2. The summed E-state index contributed by atoms with van der Waals surface area (Å²) in [5, 5.41) is 13.7. The Labute approximate surface area is 160 Å². The molecule has 2 aliphatic rings. The van der Waals surface area contributed by atoms with Gasteiger partial charge in [0.05, 0.1) is 18.3 Å². The van der Waals surface area contributed by atoms with E-state index in [1.54, 1.807) is 6.07 Å². The summed E-state index contributed by atoms with van der Waals surface area (Å²) in [6.45, 7) is 1.47. The molecule has 0 bridgehead atoms. The SMILES string of the molecule is O=CC1CN(c2ccc(C(CS(=O)[O-])C3CCCNC3)cc2O)S(=O)(=O)N1. The largest absolute Gasteiger partial charge is 0.772 e. The highest BCUT2D eigenvalue weighted by atomic mass is 32.2. The monoisotopic (exact) mass is 416 g/mol. The summed E-state index contributed by atoms with van der Waals surface area (Å²) in [7, 11) is -3.91. The first-order valence-corrected chi connectivity index (χ1v) is 11.3. The van der Waals surface area contributed by atoms with Gasteiger partial charge in [0.2, 0.25) is 0 Å². The summed E-state index contributed by atoms with van der Waals surface area (Å²) in [5.74, 6) is -0.525. The Hall–Kier alpha value is -1.53. The summed E-state index contributed by atoms with van der Waals surface area (Å²) >= 11 is -2.24. The summed E-state index contributed by atoms with van der Waals surface area (Å²) in [5.41, 5.74) is 0.699. The van der Waals surface area contributed by atoms with Gasteiger partial charge < -0.3 is 19.8 Å². The molecule has 4 atom stereocenters. The van der Waals surface area contributed by atoms with Crippen LogP contribution in [0.5, 0.6) is 5.75 Å². The van der Waals surface area contributed by atoms with Crippen molar-refractivity contribution in [1.29, 1.82) is 0 Å². The van der Waals surface area contributed by atoms with E-state index in [1.165, 1.54) is 12.1 Å². The highest BCUT2D eigenvalue weighted by Gasteiger charge is 2.37. The van der Waals surface area contributed by atoms with Crippen LogP contribution in [0, 0.1) is 5.92 Å². The molecule has 150 valence electrons. The lowest BCUT2D eigenvalue weighted by molar-refractivity contribution is -0.108. The average Bonchev–Trinajstić information content (AvgIpc) is 2.94. The molecule has 0 aliphatic carbocycles. The Balaban J connectivity index is 1.90. The first kappa shape index (κ1) is 20.2. The highest BCUT2D eigenvalue weighted by molar-refractivity contribution is 7.91. The molecule has 9 nitrogen and oxygen atoms in total. The third-order valence-electron chi connectivity index (χ3n) is 5.03. The molecule has 11 heteroatoms. The maximum Gasteiger partial charge on any atom is 0.302 e. The number of hydrogen-bond acceptors (Lipinski definition) is 7. The van der Waals surface area contributed by atoms with Gasteiger partial charge >= 0.3 is 10.2 Å². The molecule has 0 aromatic heterocycles. The second kappa shape index (κ2) is 8.23. The molecule has 0 radical (unpaired) electrons. The summed E-state index contributed by atoms with van der Waals surface area (Å²) in [6, 6.07) is 3.64. The molecular weight excluding hydrogens is 394 g/mol. The van der Waals surface area contributed by atoms with Gasteiger partial charge in [-0.1, -0.05) is 17.1 Å². The van der Waals surface area contributed by atoms with Gasteiger partial charge in [0, 0.05) is 5.75 Å². The van der Waals surface area contributed by atoms with E-state index in [-0.39, 0.29) is 35.6 Å². The molecule has 4 unspecified atom stereocenters. The highest BCUT2D eigenvalue weighted by Crippen LogP contribution is 2.37. The predicted octanol–water partition coefficient (Wildman–Crippen LogP) is -0.424. The molecule has 0 spiro atoms. The fraction of sp³-hybridized carbons (Fsp3) is 0.562. The smallest absolute Gasteiger partial charge is 0.302 e. The zero-order valence-electron chi connectivity index (χ0n) is 14.5. The van der Waals surface area contributed by atoms with Crippen LogP contribution in [0.25, 0.3) is 0 Å². The van der Waals surface area contributed by atoms with Crippen LogP contribution >= 0.6 is 0 Å². The van der Waals surface area contributed by atoms with Crippen LogP contribution in [0.1, 0.15) is 24.3 Å².